The summed E-state index contributed by atoms with van der Waals surface area (Å²) in [4.78, 5) is 27.8. The topological polar surface area (TPSA) is 76.1 Å². The number of nitrogens with zero attached hydrogens (tertiary/aromatic N) is 1. The number of Topliss-reactive ketones (excluding diaryl/α,β-unsaturated/α-hetero) is 1. The first-order chi connectivity index (χ1) is 15.5. The van der Waals surface area contributed by atoms with E-state index in [0.29, 0.717) is 32.8 Å². The van der Waals surface area contributed by atoms with Crippen LogP contribution in [0.3, 0.4) is 0 Å². The van der Waals surface area contributed by atoms with E-state index in [-0.39, 0.29) is 11.3 Å². The normalized spacial score (nSPS) is 17.5. The molecule has 3 aromatic rings. The van der Waals surface area contributed by atoms with Crippen molar-refractivity contribution < 1.29 is 24.2 Å². The van der Waals surface area contributed by atoms with Crippen LogP contribution in [0.15, 0.2) is 82.8 Å². The fourth-order valence-corrected chi connectivity index (χ4v) is 4.38. The average Bonchev–Trinajstić information content (AvgIpc) is 3.09. The number of ether oxygens (including phenoxy) is 2. The van der Waals surface area contributed by atoms with Crippen molar-refractivity contribution in [1.82, 2.24) is 0 Å². The van der Waals surface area contributed by atoms with Crippen LogP contribution in [-0.4, -0.2) is 31.0 Å². The Kier molecular flexibility index (Phi) is 6.01. The summed E-state index contributed by atoms with van der Waals surface area (Å²) in [6, 6.07) is 20.1. The Labute approximate surface area is 193 Å². The van der Waals surface area contributed by atoms with Gasteiger partial charge >= 0.3 is 0 Å². The molecule has 4 rings (SSSR count). The van der Waals surface area contributed by atoms with Crippen molar-refractivity contribution in [3.8, 4) is 11.5 Å². The molecule has 1 aliphatic rings. The van der Waals surface area contributed by atoms with Crippen molar-refractivity contribution in [1.29, 1.82) is 0 Å². The zero-order valence-electron chi connectivity index (χ0n) is 17.4. The lowest BCUT2D eigenvalue weighted by Crippen LogP contribution is -2.29. The van der Waals surface area contributed by atoms with Crippen LogP contribution < -0.4 is 14.4 Å². The molecule has 3 aromatic carbocycles. The van der Waals surface area contributed by atoms with Crippen LogP contribution >= 0.6 is 15.9 Å². The summed E-state index contributed by atoms with van der Waals surface area (Å²) in [5.41, 5.74) is 1.50. The van der Waals surface area contributed by atoms with E-state index >= 15 is 0 Å². The Hall–Kier alpha value is -3.58. The molecule has 1 aliphatic heterocycles. The maximum Gasteiger partial charge on any atom is 0.300 e. The lowest BCUT2D eigenvalue weighted by atomic mass is 9.94. The summed E-state index contributed by atoms with van der Waals surface area (Å²) < 4.78 is 11.4. The molecular formula is C25H20BrNO5. The number of carbonyl (C=O) groups is 2. The standard InChI is InChI=1S/C25H20BrNO5/c1-31-19-11-7-6-10-17(19)22-21(23(28)15-12-13-20(32-2)18(26)14-15)24(29)25(30)27(22)16-8-4-3-5-9-16/h3-14,22,28H,1-2H3/b23-21+. The third-order valence-corrected chi connectivity index (χ3v) is 5.96. The number of benzene rings is 3. The quantitative estimate of drug-likeness (QED) is 0.304. The molecule has 162 valence electrons. The van der Waals surface area contributed by atoms with Gasteiger partial charge in [-0.2, -0.15) is 0 Å². The highest BCUT2D eigenvalue weighted by Crippen LogP contribution is 2.45. The molecule has 0 bridgehead atoms. The second kappa shape index (κ2) is 8.88. The van der Waals surface area contributed by atoms with Gasteiger partial charge in [-0.25, -0.2) is 0 Å². The summed E-state index contributed by atoms with van der Waals surface area (Å²) in [5, 5.41) is 11.2. The SMILES string of the molecule is COc1ccc(/C(O)=C2\C(=O)C(=O)N(c3ccccc3)C2c2ccccc2OC)cc1Br. The molecule has 1 unspecified atom stereocenters. The third-order valence-electron chi connectivity index (χ3n) is 5.34. The van der Waals surface area contributed by atoms with Crippen LogP contribution in [0.5, 0.6) is 11.5 Å². The maximum atomic E-state index is 13.2. The number of hydrogen-bond donors (Lipinski definition) is 1. The highest BCUT2D eigenvalue weighted by molar-refractivity contribution is 9.10. The number of halogens is 1. The largest absolute Gasteiger partial charge is 0.507 e. The predicted octanol–water partition coefficient (Wildman–Crippen LogP) is 5.09. The Morgan fingerprint density at radius 3 is 2.22 bits per heavy atom. The van der Waals surface area contributed by atoms with Crippen LogP contribution in [-0.2, 0) is 9.59 Å². The molecule has 0 radical (unpaired) electrons. The highest BCUT2D eigenvalue weighted by atomic mass is 79.9. The first-order valence-electron chi connectivity index (χ1n) is 9.80. The number of ketones is 1. The molecule has 7 heteroatoms. The Morgan fingerprint density at radius 2 is 1.56 bits per heavy atom. The van der Waals surface area contributed by atoms with Gasteiger partial charge in [-0.3, -0.25) is 14.5 Å². The smallest absolute Gasteiger partial charge is 0.300 e. The van der Waals surface area contributed by atoms with Crippen LogP contribution in [0.4, 0.5) is 5.69 Å². The summed E-state index contributed by atoms with van der Waals surface area (Å²) >= 11 is 3.40. The van der Waals surface area contributed by atoms with Gasteiger partial charge < -0.3 is 14.6 Å². The van der Waals surface area contributed by atoms with Gasteiger partial charge in [-0.05, 0) is 52.3 Å². The fourth-order valence-electron chi connectivity index (χ4n) is 3.84. The molecule has 6 nitrogen and oxygen atoms in total. The molecule has 0 saturated carbocycles. The number of anilines is 1. The van der Waals surface area contributed by atoms with E-state index in [1.165, 1.54) is 19.1 Å². The molecule has 0 aromatic heterocycles. The third kappa shape index (κ3) is 3.65. The molecule has 1 N–H and O–H groups in total. The minimum Gasteiger partial charge on any atom is -0.507 e. The van der Waals surface area contributed by atoms with Gasteiger partial charge in [0.25, 0.3) is 11.7 Å². The Bertz CT molecular complexity index is 1220. The predicted molar refractivity (Wildman–Crippen MR) is 125 cm³/mol. The lowest BCUT2D eigenvalue weighted by Gasteiger charge is -2.26. The summed E-state index contributed by atoms with van der Waals surface area (Å²) in [6.07, 6.45) is 0. The van der Waals surface area contributed by atoms with E-state index in [2.05, 4.69) is 15.9 Å². The minimum absolute atomic E-state index is 0.0135. The van der Waals surface area contributed by atoms with E-state index in [1.54, 1.807) is 66.7 Å². The number of amides is 1. The second-order valence-corrected chi connectivity index (χ2v) is 7.95. The zero-order chi connectivity index (χ0) is 22.8. The van der Waals surface area contributed by atoms with Crippen molar-refractivity contribution in [3.63, 3.8) is 0 Å². The number of rotatable bonds is 5. The van der Waals surface area contributed by atoms with Gasteiger partial charge in [-0.1, -0.05) is 36.4 Å². The first-order valence-corrected chi connectivity index (χ1v) is 10.6. The maximum absolute atomic E-state index is 13.2. The van der Waals surface area contributed by atoms with Crippen molar-refractivity contribution in [2.75, 3.05) is 19.1 Å². The number of aliphatic hydroxyl groups excluding tert-OH is 1. The molecule has 1 amide bonds. The van der Waals surface area contributed by atoms with Crippen molar-refractivity contribution in [3.05, 3.63) is 94.0 Å². The van der Waals surface area contributed by atoms with Gasteiger partial charge in [0, 0.05) is 16.8 Å². The number of para-hydroxylation sites is 2. The second-order valence-electron chi connectivity index (χ2n) is 7.10. The number of carbonyl (C=O) groups excluding carboxylic acids is 2. The molecule has 1 atom stereocenters. The first kappa shape index (κ1) is 21.6. The molecule has 0 aliphatic carbocycles. The van der Waals surface area contributed by atoms with Crippen LogP contribution in [0.2, 0.25) is 0 Å². The van der Waals surface area contributed by atoms with E-state index < -0.39 is 17.7 Å². The monoisotopic (exact) mass is 493 g/mol. The summed E-state index contributed by atoms with van der Waals surface area (Å²) in [6.45, 7) is 0. The average molecular weight is 494 g/mol. The van der Waals surface area contributed by atoms with Crippen LogP contribution in [0.1, 0.15) is 17.2 Å². The van der Waals surface area contributed by atoms with E-state index in [4.69, 9.17) is 9.47 Å². The Morgan fingerprint density at radius 1 is 0.906 bits per heavy atom. The molecule has 1 heterocycles. The summed E-state index contributed by atoms with van der Waals surface area (Å²) in [5.74, 6) is -0.689. The minimum atomic E-state index is -0.866. The van der Waals surface area contributed by atoms with E-state index in [9.17, 15) is 14.7 Å². The molecule has 1 fully saturated rings. The van der Waals surface area contributed by atoms with E-state index in [1.807, 2.05) is 6.07 Å². The van der Waals surface area contributed by atoms with Crippen molar-refractivity contribution in [2.45, 2.75) is 6.04 Å². The van der Waals surface area contributed by atoms with Gasteiger partial charge in [0.15, 0.2) is 0 Å². The van der Waals surface area contributed by atoms with Crippen molar-refractivity contribution in [2.24, 2.45) is 0 Å². The molecule has 1 saturated heterocycles. The number of hydrogen-bond acceptors (Lipinski definition) is 5. The van der Waals surface area contributed by atoms with Gasteiger partial charge in [-0.15, -0.1) is 0 Å². The molecule has 32 heavy (non-hydrogen) atoms. The fraction of sp³-hybridized carbons (Fsp3) is 0.120. The summed E-state index contributed by atoms with van der Waals surface area (Å²) in [7, 11) is 3.06. The zero-order valence-corrected chi connectivity index (χ0v) is 19.0. The van der Waals surface area contributed by atoms with E-state index in [0.717, 1.165) is 0 Å². The van der Waals surface area contributed by atoms with Crippen LogP contribution in [0.25, 0.3) is 5.76 Å². The van der Waals surface area contributed by atoms with Crippen LogP contribution in [0, 0.1) is 0 Å². The Balaban J connectivity index is 1.97. The van der Waals surface area contributed by atoms with Gasteiger partial charge in [0.1, 0.15) is 17.3 Å². The van der Waals surface area contributed by atoms with Gasteiger partial charge in [0.2, 0.25) is 0 Å². The number of aliphatic hydroxyl groups is 1. The molecule has 0 spiro atoms. The molecular weight excluding hydrogens is 474 g/mol. The number of methoxy groups -OCH3 is 2. The lowest BCUT2D eigenvalue weighted by molar-refractivity contribution is -0.132. The highest BCUT2D eigenvalue weighted by Gasteiger charge is 2.47. The van der Waals surface area contributed by atoms with Gasteiger partial charge in [0.05, 0.1) is 30.3 Å². The van der Waals surface area contributed by atoms with Crippen molar-refractivity contribution >= 4 is 39.1 Å².